The van der Waals surface area contributed by atoms with E-state index in [1.165, 1.54) is 19.3 Å². The first-order valence-corrected chi connectivity index (χ1v) is 6.63. The van der Waals surface area contributed by atoms with Crippen LogP contribution in [0.1, 0.15) is 19.3 Å². The lowest BCUT2D eigenvalue weighted by molar-refractivity contribution is 0.707. The highest BCUT2D eigenvalue weighted by atomic mass is 79.9. The molecule has 0 saturated carbocycles. The van der Waals surface area contributed by atoms with Gasteiger partial charge in [-0.1, -0.05) is 34.0 Å². The molecular formula is C11H16BrClN2. The van der Waals surface area contributed by atoms with Crippen LogP contribution in [-0.2, 0) is 0 Å². The first-order valence-electron chi connectivity index (χ1n) is 5.13. The average Bonchev–Trinajstić information content (AvgIpc) is 2.25. The van der Waals surface area contributed by atoms with Crippen molar-refractivity contribution in [3.63, 3.8) is 0 Å². The Kier molecular flexibility index (Phi) is 6.03. The van der Waals surface area contributed by atoms with Crippen molar-refractivity contribution in [1.29, 1.82) is 0 Å². The number of hydrogen-bond acceptors (Lipinski definition) is 2. The van der Waals surface area contributed by atoms with Gasteiger partial charge in [-0.05, 0) is 25.0 Å². The van der Waals surface area contributed by atoms with Gasteiger partial charge in [-0.15, -0.1) is 0 Å². The van der Waals surface area contributed by atoms with Gasteiger partial charge in [-0.25, -0.2) is 4.98 Å². The van der Waals surface area contributed by atoms with Gasteiger partial charge < -0.3 is 4.90 Å². The zero-order valence-corrected chi connectivity index (χ0v) is 11.3. The molecule has 1 aromatic rings. The molecule has 2 nitrogen and oxygen atoms in total. The van der Waals surface area contributed by atoms with Crippen LogP contribution in [-0.4, -0.2) is 23.9 Å². The van der Waals surface area contributed by atoms with Gasteiger partial charge in [0.15, 0.2) is 0 Å². The molecule has 0 unspecified atom stereocenters. The molecule has 15 heavy (non-hydrogen) atoms. The molecule has 0 amide bonds. The lowest BCUT2D eigenvalue weighted by Gasteiger charge is -2.18. The SMILES string of the molecule is CN(CCCCCBr)c1ncccc1Cl. The summed E-state index contributed by atoms with van der Waals surface area (Å²) in [4.78, 5) is 6.37. The van der Waals surface area contributed by atoms with E-state index in [0.717, 1.165) is 22.7 Å². The third kappa shape index (κ3) is 4.39. The van der Waals surface area contributed by atoms with E-state index in [2.05, 4.69) is 25.8 Å². The van der Waals surface area contributed by atoms with Crippen molar-refractivity contribution in [2.45, 2.75) is 19.3 Å². The van der Waals surface area contributed by atoms with Gasteiger partial charge in [0.2, 0.25) is 0 Å². The number of pyridine rings is 1. The molecule has 0 N–H and O–H groups in total. The molecule has 4 heteroatoms. The predicted molar refractivity (Wildman–Crippen MR) is 70.2 cm³/mol. The Hall–Kier alpha value is -0.280. The fourth-order valence-corrected chi connectivity index (χ4v) is 2.05. The number of aromatic nitrogens is 1. The smallest absolute Gasteiger partial charge is 0.147 e. The van der Waals surface area contributed by atoms with E-state index < -0.39 is 0 Å². The summed E-state index contributed by atoms with van der Waals surface area (Å²) in [6.45, 7) is 1.00. The molecule has 0 spiro atoms. The van der Waals surface area contributed by atoms with E-state index in [4.69, 9.17) is 11.6 Å². The molecule has 1 rings (SSSR count). The van der Waals surface area contributed by atoms with E-state index in [0.29, 0.717) is 0 Å². The number of alkyl halides is 1. The minimum absolute atomic E-state index is 0.723. The van der Waals surface area contributed by atoms with Crippen LogP contribution in [0.25, 0.3) is 0 Å². The second kappa shape index (κ2) is 7.07. The minimum Gasteiger partial charge on any atom is -0.358 e. The van der Waals surface area contributed by atoms with Crippen molar-refractivity contribution in [1.82, 2.24) is 4.98 Å². The minimum atomic E-state index is 0.723. The molecule has 84 valence electrons. The quantitative estimate of drug-likeness (QED) is 0.586. The summed E-state index contributed by atoms with van der Waals surface area (Å²) < 4.78 is 0. The molecule has 0 aliphatic rings. The summed E-state index contributed by atoms with van der Waals surface area (Å²) in [6.07, 6.45) is 5.41. The Morgan fingerprint density at radius 3 is 2.87 bits per heavy atom. The molecule has 0 aliphatic carbocycles. The van der Waals surface area contributed by atoms with Gasteiger partial charge >= 0.3 is 0 Å². The maximum Gasteiger partial charge on any atom is 0.147 e. The summed E-state index contributed by atoms with van der Waals surface area (Å²) in [5.74, 6) is 0.873. The van der Waals surface area contributed by atoms with Gasteiger partial charge in [-0.2, -0.15) is 0 Å². The van der Waals surface area contributed by atoms with E-state index in [1.54, 1.807) is 6.20 Å². The lowest BCUT2D eigenvalue weighted by Crippen LogP contribution is -2.19. The number of nitrogens with zero attached hydrogens (tertiary/aromatic N) is 2. The maximum atomic E-state index is 6.05. The molecule has 1 aromatic heterocycles. The predicted octanol–water partition coefficient (Wildman–Crippen LogP) is 3.74. The first-order chi connectivity index (χ1) is 7.25. The van der Waals surface area contributed by atoms with Crippen LogP contribution in [0.3, 0.4) is 0 Å². The molecule has 0 bridgehead atoms. The van der Waals surface area contributed by atoms with Crippen molar-refractivity contribution in [2.75, 3.05) is 23.8 Å². The van der Waals surface area contributed by atoms with Gasteiger partial charge in [0.1, 0.15) is 5.82 Å². The highest BCUT2D eigenvalue weighted by Crippen LogP contribution is 2.21. The van der Waals surface area contributed by atoms with Crippen molar-refractivity contribution in [3.05, 3.63) is 23.4 Å². The monoisotopic (exact) mass is 290 g/mol. The first kappa shape index (κ1) is 12.8. The summed E-state index contributed by atoms with van der Waals surface area (Å²) in [5, 5.41) is 1.81. The van der Waals surface area contributed by atoms with Gasteiger partial charge in [0.05, 0.1) is 5.02 Å². The zero-order chi connectivity index (χ0) is 11.1. The fourth-order valence-electron chi connectivity index (χ4n) is 1.38. The molecule has 1 heterocycles. The van der Waals surface area contributed by atoms with Crippen molar-refractivity contribution < 1.29 is 0 Å². The number of rotatable bonds is 6. The molecular weight excluding hydrogens is 275 g/mol. The van der Waals surface area contributed by atoms with E-state index >= 15 is 0 Å². The number of halogens is 2. The molecule has 0 radical (unpaired) electrons. The zero-order valence-electron chi connectivity index (χ0n) is 8.92. The summed E-state index contributed by atoms with van der Waals surface area (Å²) in [5.41, 5.74) is 0. The van der Waals surface area contributed by atoms with Crippen LogP contribution >= 0.6 is 27.5 Å². The van der Waals surface area contributed by atoms with Crippen LogP contribution in [0, 0.1) is 0 Å². The standard InChI is InChI=1S/C11H16BrClN2/c1-15(9-4-2-3-7-12)11-10(13)6-5-8-14-11/h5-6,8H,2-4,7,9H2,1H3. The van der Waals surface area contributed by atoms with Gasteiger partial charge in [0, 0.05) is 25.1 Å². The van der Waals surface area contributed by atoms with Gasteiger partial charge in [0.25, 0.3) is 0 Å². The fraction of sp³-hybridized carbons (Fsp3) is 0.545. The molecule has 0 atom stereocenters. The second-order valence-electron chi connectivity index (χ2n) is 3.48. The van der Waals surface area contributed by atoms with Gasteiger partial charge in [-0.3, -0.25) is 0 Å². The third-order valence-corrected chi connectivity index (χ3v) is 3.08. The molecule has 0 saturated heterocycles. The Balaban J connectivity index is 2.40. The van der Waals surface area contributed by atoms with Crippen LogP contribution in [0.4, 0.5) is 5.82 Å². The van der Waals surface area contributed by atoms with Crippen molar-refractivity contribution in [2.24, 2.45) is 0 Å². The van der Waals surface area contributed by atoms with E-state index in [-0.39, 0.29) is 0 Å². The largest absolute Gasteiger partial charge is 0.358 e. The van der Waals surface area contributed by atoms with Crippen LogP contribution in [0.5, 0.6) is 0 Å². The Labute approximate surface area is 105 Å². The summed E-state index contributed by atoms with van der Waals surface area (Å²) in [7, 11) is 2.03. The molecule has 0 aliphatic heterocycles. The van der Waals surface area contributed by atoms with E-state index in [1.807, 2.05) is 19.2 Å². The maximum absolute atomic E-state index is 6.05. The normalized spacial score (nSPS) is 10.3. The lowest BCUT2D eigenvalue weighted by atomic mass is 10.2. The number of hydrogen-bond donors (Lipinski definition) is 0. The third-order valence-electron chi connectivity index (χ3n) is 2.23. The topological polar surface area (TPSA) is 16.1 Å². The molecule has 0 aromatic carbocycles. The summed E-state index contributed by atoms with van der Waals surface area (Å²) in [6, 6.07) is 3.73. The van der Waals surface area contributed by atoms with Crippen molar-refractivity contribution in [3.8, 4) is 0 Å². The van der Waals surface area contributed by atoms with Crippen molar-refractivity contribution >= 4 is 33.3 Å². The number of unbranched alkanes of at least 4 members (excludes halogenated alkanes) is 2. The number of anilines is 1. The highest BCUT2D eigenvalue weighted by molar-refractivity contribution is 9.09. The van der Waals surface area contributed by atoms with Crippen LogP contribution in [0.2, 0.25) is 5.02 Å². The second-order valence-corrected chi connectivity index (χ2v) is 4.68. The Morgan fingerprint density at radius 2 is 2.20 bits per heavy atom. The van der Waals surface area contributed by atoms with Crippen LogP contribution < -0.4 is 4.90 Å². The molecule has 0 fully saturated rings. The summed E-state index contributed by atoms with van der Waals surface area (Å²) >= 11 is 9.47. The highest BCUT2D eigenvalue weighted by Gasteiger charge is 2.05. The van der Waals surface area contributed by atoms with E-state index in [9.17, 15) is 0 Å². The average molecular weight is 292 g/mol. The van der Waals surface area contributed by atoms with Crippen LogP contribution in [0.15, 0.2) is 18.3 Å². The Morgan fingerprint density at radius 1 is 1.40 bits per heavy atom. The Bertz CT molecular complexity index is 294.